The molecule has 0 saturated carbocycles. The molecular formula is C18H20N4O4S2. The van der Waals surface area contributed by atoms with E-state index in [0.29, 0.717) is 19.4 Å². The largest absolute Gasteiger partial charge is 0.330 e. The lowest BCUT2D eigenvalue weighted by Gasteiger charge is -2.33. The molecule has 0 radical (unpaired) electrons. The van der Waals surface area contributed by atoms with Crippen molar-refractivity contribution in [2.75, 3.05) is 6.54 Å². The van der Waals surface area contributed by atoms with E-state index in [4.69, 9.17) is 0 Å². The maximum absolute atomic E-state index is 13.4. The molecule has 148 valence electrons. The zero-order valence-electron chi connectivity index (χ0n) is 15.5. The van der Waals surface area contributed by atoms with E-state index < -0.39 is 27.3 Å². The number of hydrogen-bond donors (Lipinski definition) is 0. The van der Waals surface area contributed by atoms with Crippen LogP contribution in [0.25, 0.3) is 10.2 Å². The van der Waals surface area contributed by atoms with Crippen LogP contribution < -0.4 is 11.2 Å². The third kappa shape index (κ3) is 3.01. The summed E-state index contributed by atoms with van der Waals surface area (Å²) < 4.78 is 31.1. The van der Waals surface area contributed by atoms with Crippen molar-refractivity contribution in [2.24, 2.45) is 14.1 Å². The van der Waals surface area contributed by atoms with Gasteiger partial charge in [0, 0.05) is 26.8 Å². The number of piperidine rings is 1. The molecule has 1 unspecified atom stereocenters. The van der Waals surface area contributed by atoms with Crippen LogP contribution in [0.3, 0.4) is 0 Å². The summed E-state index contributed by atoms with van der Waals surface area (Å²) >= 11 is 1.48. The Bertz CT molecular complexity index is 1240. The highest BCUT2D eigenvalue weighted by atomic mass is 32.2. The SMILES string of the molecule is Cn1cc(S(=O)(=O)N2CCCCC2c2nc3ccccc3s2)c(=O)n(C)c1=O. The zero-order valence-corrected chi connectivity index (χ0v) is 17.2. The molecule has 0 spiro atoms. The quantitative estimate of drug-likeness (QED) is 0.642. The molecule has 1 fully saturated rings. The van der Waals surface area contributed by atoms with Crippen LogP contribution in [0.1, 0.15) is 30.3 Å². The minimum Gasteiger partial charge on any atom is -0.302 e. The predicted octanol–water partition coefficient (Wildman–Crippen LogP) is 1.61. The van der Waals surface area contributed by atoms with E-state index in [1.54, 1.807) is 0 Å². The maximum atomic E-state index is 13.4. The van der Waals surface area contributed by atoms with Gasteiger partial charge in [-0.25, -0.2) is 18.2 Å². The van der Waals surface area contributed by atoms with E-state index in [1.165, 1.54) is 29.7 Å². The van der Waals surface area contributed by atoms with E-state index in [0.717, 1.165) is 37.0 Å². The maximum Gasteiger partial charge on any atom is 0.330 e. The topological polar surface area (TPSA) is 94.3 Å². The standard InChI is InChI=1S/C18H20N4O4S2/c1-20-11-15(17(23)21(2)18(20)24)28(25,26)22-10-6-5-8-13(22)16-19-12-7-3-4-9-14(12)27-16/h3-4,7,9,11,13H,5-6,8,10H2,1-2H3. The lowest BCUT2D eigenvalue weighted by molar-refractivity contribution is 0.255. The monoisotopic (exact) mass is 420 g/mol. The Morgan fingerprint density at radius 1 is 1.14 bits per heavy atom. The highest BCUT2D eigenvalue weighted by Gasteiger charge is 2.38. The molecule has 1 aromatic carbocycles. The van der Waals surface area contributed by atoms with E-state index in [2.05, 4.69) is 4.98 Å². The molecule has 1 atom stereocenters. The van der Waals surface area contributed by atoms with Crippen molar-refractivity contribution >= 4 is 31.6 Å². The summed E-state index contributed by atoms with van der Waals surface area (Å²) in [5.74, 6) is 0. The molecule has 10 heteroatoms. The summed E-state index contributed by atoms with van der Waals surface area (Å²) in [6.07, 6.45) is 3.36. The van der Waals surface area contributed by atoms with Crippen LogP contribution in [0.5, 0.6) is 0 Å². The first kappa shape index (κ1) is 19.0. The summed E-state index contributed by atoms with van der Waals surface area (Å²) in [6, 6.07) is 7.27. The second-order valence-corrected chi connectivity index (χ2v) is 9.82. The minimum atomic E-state index is -4.08. The number of benzene rings is 1. The first-order valence-electron chi connectivity index (χ1n) is 8.94. The summed E-state index contributed by atoms with van der Waals surface area (Å²) in [6.45, 7) is 0.314. The normalized spacial score (nSPS) is 18.6. The van der Waals surface area contributed by atoms with Gasteiger partial charge in [-0.3, -0.25) is 9.36 Å². The fourth-order valence-corrected chi connectivity index (χ4v) is 6.54. The van der Waals surface area contributed by atoms with E-state index in [9.17, 15) is 18.0 Å². The molecule has 0 bridgehead atoms. The number of thiazole rings is 1. The van der Waals surface area contributed by atoms with Crippen LogP contribution in [0.15, 0.2) is 44.9 Å². The molecule has 28 heavy (non-hydrogen) atoms. The van der Waals surface area contributed by atoms with Gasteiger partial charge in [0.2, 0.25) is 0 Å². The van der Waals surface area contributed by atoms with E-state index in [-0.39, 0.29) is 4.90 Å². The number of hydrogen-bond acceptors (Lipinski definition) is 6. The van der Waals surface area contributed by atoms with E-state index in [1.807, 2.05) is 24.3 Å². The molecule has 4 rings (SSSR count). The van der Waals surface area contributed by atoms with Crippen molar-refractivity contribution < 1.29 is 8.42 Å². The highest BCUT2D eigenvalue weighted by molar-refractivity contribution is 7.89. The smallest absolute Gasteiger partial charge is 0.302 e. The number of nitrogens with zero attached hydrogens (tertiary/aromatic N) is 4. The van der Waals surface area contributed by atoms with Crippen LogP contribution >= 0.6 is 11.3 Å². The fraction of sp³-hybridized carbons (Fsp3) is 0.389. The Balaban J connectivity index is 1.83. The molecule has 3 heterocycles. The van der Waals surface area contributed by atoms with E-state index >= 15 is 0 Å². The van der Waals surface area contributed by atoms with Gasteiger partial charge in [0.05, 0.1) is 16.3 Å². The van der Waals surface area contributed by atoms with Gasteiger partial charge in [0.15, 0.2) is 4.90 Å². The van der Waals surface area contributed by atoms with Crippen molar-refractivity contribution in [1.29, 1.82) is 0 Å². The Labute approximate surface area is 165 Å². The Kier molecular flexibility index (Phi) is 4.72. The molecule has 0 aliphatic carbocycles. The number of fused-ring (bicyclic) bond motifs is 1. The van der Waals surface area contributed by atoms with Crippen molar-refractivity contribution in [3.63, 3.8) is 0 Å². The minimum absolute atomic E-state index is 0.314. The number of para-hydroxylation sites is 1. The molecule has 8 nitrogen and oxygen atoms in total. The molecular weight excluding hydrogens is 400 g/mol. The van der Waals surface area contributed by atoms with Gasteiger partial charge in [-0.05, 0) is 25.0 Å². The van der Waals surface area contributed by atoms with Crippen molar-refractivity contribution in [3.8, 4) is 0 Å². The third-order valence-electron chi connectivity index (χ3n) is 5.05. The van der Waals surface area contributed by atoms with Crippen LogP contribution in [0.4, 0.5) is 0 Å². The molecule has 1 aliphatic heterocycles. The predicted molar refractivity (Wildman–Crippen MR) is 107 cm³/mol. The summed E-state index contributed by atoms with van der Waals surface area (Å²) in [4.78, 5) is 28.7. The van der Waals surface area contributed by atoms with Crippen LogP contribution in [0, 0.1) is 0 Å². The van der Waals surface area contributed by atoms with Gasteiger partial charge in [0.25, 0.3) is 15.6 Å². The number of sulfonamides is 1. The Hall–Kier alpha value is -2.30. The zero-order chi connectivity index (χ0) is 20.1. The molecule has 0 N–H and O–H groups in total. The second kappa shape index (κ2) is 6.94. The highest BCUT2D eigenvalue weighted by Crippen LogP contribution is 2.38. The first-order valence-corrected chi connectivity index (χ1v) is 11.2. The van der Waals surface area contributed by atoms with Gasteiger partial charge in [-0.1, -0.05) is 18.6 Å². The summed E-state index contributed by atoms with van der Waals surface area (Å²) in [5, 5.41) is 0.728. The average molecular weight is 421 g/mol. The molecule has 1 saturated heterocycles. The van der Waals surface area contributed by atoms with Gasteiger partial charge >= 0.3 is 5.69 Å². The molecule has 1 aliphatic rings. The number of aromatic nitrogens is 3. The van der Waals surface area contributed by atoms with Gasteiger partial charge in [0.1, 0.15) is 5.01 Å². The van der Waals surface area contributed by atoms with Gasteiger partial charge < -0.3 is 4.57 Å². The van der Waals surface area contributed by atoms with Crippen molar-refractivity contribution in [1.82, 2.24) is 18.4 Å². The van der Waals surface area contributed by atoms with Crippen molar-refractivity contribution in [3.05, 3.63) is 56.3 Å². The van der Waals surface area contributed by atoms with Crippen LogP contribution in [0.2, 0.25) is 0 Å². The second-order valence-electron chi connectivity index (χ2n) is 6.90. The fourth-order valence-electron chi connectivity index (χ4n) is 3.55. The lowest BCUT2D eigenvalue weighted by Crippen LogP contribution is -2.44. The number of aryl methyl sites for hydroxylation is 1. The van der Waals surface area contributed by atoms with Gasteiger partial charge in [-0.15, -0.1) is 11.3 Å². The van der Waals surface area contributed by atoms with Crippen LogP contribution in [-0.2, 0) is 24.1 Å². The third-order valence-corrected chi connectivity index (χ3v) is 8.08. The summed E-state index contributed by atoms with van der Waals surface area (Å²) in [7, 11) is -1.37. The Morgan fingerprint density at radius 3 is 2.64 bits per heavy atom. The first-order chi connectivity index (χ1) is 13.3. The molecule has 0 amide bonds. The van der Waals surface area contributed by atoms with Crippen molar-refractivity contribution in [2.45, 2.75) is 30.2 Å². The van der Waals surface area contributed by atoms with Crippen LogP contribution in [-0.4, -0.2) is 33.4 Å². The summed E-state index contributed by atoms with van der Waals surface area (Å²) in [5.41, 5.74) is -0.537. The average Bonchev–Trinajstić information content (AvgIpc) is 3.13. The Morgan fingerprint density at radius 2 is 1.89 bits per heavy atom. The van der Waals surface area contributed by atoms with Gasteiger partial charge in [-0.2, -0.15) is 4.31 Å². The molecule has 2 aromatic heterocycles. The molecule has 3 aromatic rings. The lowest BCUT2D eigenvalue weighted by atomic mass is 10.1. The number of rotatable bonds is 3.